The summed E-state index contributed by atoms with van der Waals surface area (Å²) in [5.74, 6) is -0.320. The normalized spacial score (nSPS) is 13.2. The van der Waals surface area contributed by atoms with Gasteiger partial charge in [-0.3, -0.25) is 0 Å². The summed E-state index contributed by atoms with van der Waals surface area (Å²) < 4.78 is 4.69. The molecule has 0 rings (SSSR count). The number of allylic oxidation sites excluding steroid dienone is 1. The van der Waals surface area contributed by atoms with Gasteiger partial charge in [0, 0.05) is 6.08 Å². The van der Waals surface area contributed by atoms with Crippen LogP contribution in [0.3, 0.4) is 0 Å². The molecule has 2 nitrogen and oxygen atoms in total. The molecule has 0 radical (unpaired) electrons. The standard InChI is InChI=1S/C9H15ClO2/c1-3-5-8(10)6-7-9(11)12-4-2/h6-8H,3-5H2,1-2H3. The van der Waals surface area contributed by atoms with Crippen molar-refractivity contribution in [3.63, 3.8) is 0 Å². The van der Waals surface area contributed by atoms with Gasteiger partial charge in [0.25, 0.3) is 0 Å². The maximum absolute atomic E-state index is 10.8. The number of ether oxygens (including phenoxy) is 1. The zero-order valence-electron chi connectivity index (χ0n) is 7.55. The SMILES string of the molecule is CCCC(Cl)C=CC(=O)OCC. The first-order valence-corrected chi connectivity index (χ1v) is 4.63. The molecule has 0 heterocycles. The summed E-state index contributed by atoms with van der Waals surface area (Å²) in [7, 11) is 0. The first-order chi connectivity index (χ1) is 5.70. The summed E-state index contributed by atoms with van der Waals surface area (Å²) in [4.78, 5) is 10.8. The second-order valence-electron chi connectivity index (χ2n) is 2.42. The first kappa shape index (κ1) is 11.5. The fourth-order valence-corrected chi connectivity index (χ4v) is 1.04. The quantitative estimate of drug-likeness (QED) is 0.378. The molecule has 0 bridgehead atoms. The van der Waals surface area contributed by atoms with Crippen molar-refractivity contribution in [2.45, 2.75) is 32.1 Å². The van der Waals surface area contributed by atoms with Crippen molar-refractivity contribution in [2.75, 3.05) is 6.61 Å². The average molecular weight is 191 g/mol. The van der Waals surface area contributed by atoms with Crippen molar-refractivity contribution in [1.29, 1.82) is 0 Å². The van der Waals surface area contributed by atoms with E-state index >= 15 is 0 Å². The molecule has 0 aliphatic heterocycles. The van der Waals surface area contributed by atoms with Gasteiger partial charge in [-0.2, -0.15) is 0 Å². The van der Waals surface area contributed by atoms with Gasteiger partial charge in [-0.05, 0) is 13.3 Å². The minimum Gasteiger partial charge on any atom is -0.463 e. The third kappa shape index (κ3) is 6.23. The fourth-order valence-electron chi connectivity index (χ4n) is 0.745. The van der Waals surface area contributed by atoms with E-state index in [1.165, 1.54) is 6.08 Å². The summed E-state index contributed by atoms with van der Waals surface area (Å²) in [6, 6.07) is 0. The lowest BCUT2D eigenvalue weighted by atomic mass is 10.2. The van der Waals surface area contributed by atoms with Crippen molar-refractivity contribution in [3.8, 4) is 0 Å². The van der Waals surface area contributed by atoms with Gasteiger partial charge in [0.1, 0.15) is 0 Å². The number of carbonyl (C=O) groups is 1. The number of rotatable bonds is 5. The molecule has 0 N–H and O–H groups in total. The summed E-state index contributed by atoms with van der Waals surface area (Å²) in [5, 5.41) is -0.0561. The van der Waals surface area contributed by atoms with Crippen molar-refractivity contribution < 1.29 is 9.53 Å². The van der Waals surface area contributed by atoms with Gasteiger partial charge < -0.3 is 4.74 Å². The van der Waals surface area contributed by atoms with Crippen LogP contribution in [0, 0.1) is 0 Å². The van der Waals surface area contributed by atoms with E-state index in [-0.39, 0.29) is 11.3 Å². The molecule has 1 atom stereocenters. The smallest absolute Gasteiger partial charge is 0.330 e. The zero-order valence-corrected chi connectivity index (χ0v) is 8.30. The molecule has 0 aliphatic rings. The summed E-state index contributed by atoms with van der Waals surface area (Å²) >= 11 is 5.83. The monoisotopic (exact) mass is 190 g/mol. The highest BCUT2D eigenvalue weighted by molar-refractivity contribution is 6.21. The van der Waals surface area contributed by atoms with Crippen LogP contribution in [0.5, 0.6) is 0 Å². The summed E-state index contributed by atoms with van der Waals surface area (Å²) in [6.07, 6.45) is 4.96. The number of alkyl halides is 1. The van der Waals surface area contributed by atoms with Crippen LogP contribution in [0.2, 0.25) is 0 Å². The number of halogens is 1. The van der Waals surface area contributed by atoms with Crippen LogP contribution in [0.25, 0.3) is 0 Å². The second-order valence-corrected chi connectivity index (χ2v) is 2.98. The van der Waals surface area contributed by atoms with Gasteiger partial charge in [-0.25, -0.2) is 4.79 Å². The lowest BCUT2D eigenvalue weighted by molar-refractivity contribution is -0.137. The minimum atomic E-state index is -0.320. The Kier molecular flexibility index (Phi) is 6.87. The maximum atomic E-state index is 10.8. The molecule has 70 valence electrons. The van der Waals surface area contributed by atoms with Gasteiger partial charge in [0.2, 0.25) is 0 Å². The van der Waals surface area contributed by atoms with Gasteiger partial charge in [0.15, 0.2) is 0 Å². The van der Waals surface area contributed by atoms with Crippen molar-refractivity contribution in [2.24, 2.45) is 0 Å². The van der Waals surface area contributed by atoms with Crippen molar-refractivity contribution in [3.05, 3.63) is 12.2 Å². The molecule has 0 amide bonds. The molecule has 0 saturated carbocycles. The second kappa shape index (κ2) is 7.17. The van der Waals surface area contributed by atoms with Crippen molar-refractivity contribution in [1.82, 2.24) is 0 Å². The fraction of sp³-hybridized carbons (Fsp3) is 0.667. The average Bonchev–Trinajstić information content (AvgIpc) is 2.02. The maximum Gasteiger partial charge on any atom is 0.330 e. The van der Waals surface area contributed by atoms with E-state index < -0.39 is 0 Å². The Hall–Kier alpha value is -0.500. The van der Waals surface area contributed by atoms with Crippen molar-refractivity contribution >= 4 is 17.6 Å². The number of esters is 1. The molecular weight excluding hydrogens is 176 g/mol. The molecule has 0 aromatic heterocycles. The Morgan fingerprint density at radius 2 is 2.25 bits per heavy atom. The minimum absolute atomic E-state index is 0.0561. The Morgan fingerprint density at radius 1 is 1.58 bits per heavy atom. The molecule has 0 aromatic carbocycles. The van der Waals surface area contributed by atoms with E-state index in [4.69, 9.17) is 11.6 Å². The van der Waals surface area contributed by atoms with E-state index in [9.17, 15) is 4.79 Å². The molecule has 1 unspecified atom stereocenters. The van der Waals surface area contributed by atoms with Crippen LogP contribution in [0.1, 0.15) is 26.7 Å². The van der Waals surface area contributed by atoms with E-state index in [0.717, 1.165) is 12.8 Å². The highest BCUT2D eigenvalue weighted by atomic mass is 35.5. The predicted molar refractivity (Wildman–Crippen MR) is 50.3 cm³/mol. The predicted octanol–water partition coefficient (Wildman–Crippen LogP) is 2.51. The third-order valence-electron chi connectivity index (χ3n) is 1.29. The molecule has 0 aliphatic carbocycles. The van der Waals surface area contributed by atoms with Gasteiger partial charge in [0.05, 0.1) is 12.0 Å². The Morgan fingerprint density at radius 3 is 2.75 bits per heavy atom. The Bertz CT molecular complexity index is 155. The van der Waals surface area contributed by atoms with Crippen LogP contribution in [0.4, 0.5) is 0 Å². The molecule has 0 fully saturated rings. The summed E-state index contributed by atoms with van der Waals surface area (Å²) in [5.41, 5.74) is 0. The third-order valence-corrected chi connectivity index (χ3v) is 1.66. The van der Waals surface area contributed by atoms with E-state index in [0.29, 0.717) is 6.61 Å². The first-order valence-electron chi connectivity index (χ1n) is 4.19. The van der Waals surface area contributed by atoms with E-state index in [1.807, 2.05) is 6.92 Å². The molecule has 0 aromatic rings. The van der Waals surface area contributed by atoms with E-state index in [1.54, 1.807) is 13.0 Å². The Balaban J connectivity index is 3.65. The molecule has 0 spiro atoms. The summed E-state index contributed by atoms with van der Waals surface area (Å²) in [6.45, 7) is 4.23. The van der Waals surface area contributed by atoms with Crippen LogP contribution in [-0.2, 0) is 9.53 Å². The van der Waals surface area contributed by atoms with Gasteiger partial charge >= 0.3 is 5.97 Å². The lowest BCUT2D eigenvalue weighted by Crippen LogP contribution is -2.01. The molecule has 3 heteroatoms. The highest BCUT2D eigenvalue weighted by Crippen LogP contribution is 2.06. The van der Waals surface area contributed by atoms with E-state index in [2.05, 4.69) is 4.74 Å². The van der Waals surface area contributed by atoms with Crippen LogP contribution in [0.15, 0.2) is 12.2 Å². The molecular formula is C9H15ClO2. The van der Waals surface area contributed by atoms with Gasteiger partial charge in [-0.1, -0.05) is 19.4 Å². The molecule has 12 heavy (non-hydrogen) atoms. The zero-order chi connectivity index (χ0) is 9.40. The topological polar surface area (TPSA) is 26.3 Å². The largest absolute Gasteiger partial charge is 0.463 e. The van der Waals surface area contributed by atoms with Crippen LogP contribution >= 0.6 is 11.6 Å². The number of carbonyl (C=O) groups excluding carboxylic acids is 1. The highest BCUT2D eigenvalue weighted by Gasteiger charge is 1.99. The number of hydrogen-bond donors (Lipinski definition) is 0. The van der Waals surface area contributed by atoms with Crippen LogP contribution in [-0.4, -0.2) is 18.0 Å². The van der Waals surface area contributed by atoms with Crippen LogP contribution < -0.4 is 0 Å². The number of hydrogen-bond acceptors (Lipinski definition) is 2. The lowest BCUT2D eigenvalue weighted by Gasteiger charge is -1.99. The molecule has 0 saturated heterocycles. The van der Waals surface area contributed by atoms with Gasteiger partial charge in [-0.15, -0.1) is 11.6 Å². The Labute approximate surface area is 78.5 Å².